The van der Waals surface area contributed by atoms with E-state index >= 15 is 0 Å². The number of azide groups is 1. The Hall–Kier alpha value is -2.43. The van der Waals surface area contributed by atoms with Gasteiger partial charge in [-0.1, -0.05) is 11.2 Å². The molecular weight excluding hydrogens is 490 g/mol. The summed E-state index contributed by atoms with van der Waals surface area (Å²) < 4.78 is 22.8. The van der Waals surface area contributed by atoms with Crippen molar-refractivity contribution < 1.29 is 23.9 Å². The third-order valence-corrected chi connectivity index (χ3v) is 8.28. The van der Waals surface area contributed by atoms with Gasteiger partial charge in [0.25, 0.3) is 5.69 Å². The predicted molar refractivity (Wildman–Crippen MR) is 143 cm³/mol. The minimum absolute atomic E-state index is 0.144. The number of rotatable bonds is 8. The molecule has 2 saturated heterocycles. The maximum Gasteiger partial charge on any atom is 0.292 e. The third-order valence-electron chi connectivity index (χ3n) is 8.28. The van der Waals surface area contributed by atoms with Gasteiger partial charge in [0.2, 0.25) is 0 Å². The number of anilines is 1. The van der Waals surface area contributed by atoms with E-state index in [0.717, 1.165) is 89.5 Å². The number of hydrogen-bond donors (Lipinski definition) is 1. The van der Waals surface area contributed by atoms with E-state index in [9.17, 15) is 10.1 Å². The predicted octanol–water partition coefficient (Wildman–Crippen LogP) is 6.26. The molecule has 11 nitrogen and oxygen atoms in total. The Morgan fingerprint density at radius 2 is 1.50 bits per heavy atom. The zero-order valence-corrected chi connectivity index (χ0v) is 22.4. The molecule has 0 bridgehead atoms. The van der Waals surface area contributed by atoms with Crippen molar-refractivity contribution in [1.82, 2.24) is 0 Å². The number of nitro benzene ring substituents is 1. The normalized spacial score (nSPS) is 24.0. The largest absolute Gasteiger partial charge is 0.379 e. The second-order valence-corrected chi connectivity index (χ2v) is 10.8. The SMILES string of the molecule is Cc1ccc([N+](=O)[O-])c(NCCC2CCC3(CC2)OCCO3)c1.[N-]=[N+]=NCCC1CCC2(CC1)OCCO2. The first-order valence-corrected chi connectivity index (χ1v) is 14.0. The van der Waals surface area contributed by atoms with E-state index in [1.165, 1.54) is 0 Å². The number of aryl methyl sites for hydroxylation is 1. The molecule has 2 aliphatic heterocycles. The molecular formula is C27H41N5O6. The van der Waals surface area contributed by atoms with Crippen molar-refractivity contribution in [2.24, 2.45) is 17.0 Å². The number of benzene rings is 1. The number of ether oxygens (including phenoxy) is 4. The van der Waals surface area contributed by atoms with Crippen molar-refractivity contribution in [1.29, 1.82) is 0 Å². The summed E-state index contributed by atoms with van der Waals surface area (Å²) >= 11 is 0. The first-order chi connectivity index (χ1) is 18.4. The van der Waals surface area contributed by atoms with Gasteiger partial charge in [-0.2, -0.15) is 0 Å². The van der Waals surface area contributed by atoms with Gasteiger partial charge in [0.15, 0.2) is 11.6 Å². The first kappa shape index (κ1) is 28.6. The Bertz CT molecular complexity index is 953. The molecule has 2 aliphatic carbocycles. The van der Waals surface area contributed by atoms with Crippen molar-refractivity contribution in [3.8, 4) is 0 Å². The Morgan fingerprint density at radius 1 is 0.974 bits per heavy atom. The van der Waals surface area contributed by atoms with Crippen molar-refractivity contribution in [3.05, 3.63) is 44.3 Å². The van der Waals surface area contributed by atoms with Gasteiger partial charge in [-0.3, -0.25) is 10.1 Å². The van der Waals surface area contributed by atoms with Crippen molar-refractivity contribution in [2.75, 3.05) is 44.8 Å². The second kappa shape index (κ2) is 13.6. The van der Waals surface area contributed by atoms with Gasteiger partial charge in [0.05, 0.1) is 31.4 Å². The molecule has 11 heteroatoms. The van der Waals surface area contributed by atoms with E-state index < -0.39 is 0 Å². The molecule has 1 aromatic rings. The van der Waals surface area contributed by atoms with Gasteiger partial charge >= 0.3 is 0 Å². The molecule has 2 heterocycles. The van der Waals surface area contributed by atoms with E-state index in [1.54, 1.807) is 12.1 Å². The summed E-state index contributed by atoms with van der Waals surface area (Å²) in [5.41, 5.74) is 9.96. The van der Waals surface area contributed by atoms with E-state index in [1.807, 2.05) is 13.0 Å². The molecule has 2 saturated carbocycles. The van der Waals surface area contributed by atoms with Crippen LogP contribution in [0.3, 0.4) is 0 Å². The highest BCUT2D eigenvalue weighted by Gasteiger charge is 2.41. The van der Waals surface area contributed by atoms with Gasteiger partial charge in [0, 0.05) is 49.8 Å². The molecule has 1 N–H and O–H groups in total. The smallest absolute Gasteiger partial charge is 0.292 e. The summed E-state index contributed by atoms with van der Waals surface area (Å²) in [7, 11) is 0. The Morgan fingerprint density at radius 3 is 2.00 bits per heavy atom. The van der Waals surface area contributed by atoms with Crippen LogP contribution in [0.5, 0.6) is 0 Å². The minimum atomic E-state index is -0.332. The van der Waals surface area contributed by atoms with Crippen LogP contribution in [0.25, 0.3) is 10.4 Å². The summed E-state index contributed by atoms with van der Waals surface area (Å²) in [5.74, 6) is 0.743. The van der Waals surface area contributed by atoms with Crippen LogP contribution in [0.2, 0.25) is 0 Å². The molecule has 0 amide bonds. The third kappa shape index (κ3) is 7.80. The van der Waals surface area contributed by atoms with Gasteiger partial charge in [0.1, 0.15) is 5.69 Å². The molecule has 4 fully saturated rings. The Balaban J connectivity index is 0.000000194. The van der Waals surface area contributed by atoms with Crippen LogP contribution in [0.4, 0.5) is 11.4 Å². The van der Waals surface area contributed by atoms with Gasteiger partial charge in [-0.15, -0.1) is 0 Å². The summed E-state index contributed by atoms with van der Waals surface area (Å²) in [5, 5.41) is 17.9. The van der Waals surface area contributed by atoms with Crippen LogP contribution in [-0.2, 0) is 18.9 Å². The molecule has 0 aromatic heterocycles. The molecule has 0 radical (unpaired) electrons. The zero-order valence-electron chi connectivity index (χ0n) is 22.4. The Labute approximate surface area is 224 Å². The summed E-state index contributed by atoms with van der Waals surface area (Å²) in [6.07, 6.45) is 10.4. The summed E-state index contributed by atoms with van der Waals surface area (Å²) in [4.78, 5) is 13.5. The van der Waals surface area contributed by atoms with Gasteiger partial charge in [-0.05, 0) is 74.4 Å². The van der Waals surface area contributed by atoms with Crippen LogP contribution >= 0.6 is 0 Å². The van der Waals surface area contributed by atoms with Crippen LogP contribution < -0.4 is 5.32 Å². The van der Waals surface area contributed by atoms with Gasteiger partial charge in [-0.25, -0.2) is 0 Å². The van der Waals surface area contributed by atoms with E-state index in [0.29, 0.717) is 37.3 Å². The molecule has 4 aliphatic rings. The fraction of sp³-hybridized carbons (Fsp3) is 0.778. The maximum absolute atomic E-state index is 11.1. The van der Waals surface area contributed by atoms with Crippen LogP contribution in [0.15, 0.2) is 23.3 Å². The lowest BCUT2D eigenvalue weighted by atomic mass is 9.83. The highest BCUT2D eigenvalue weighted by molar-refractivity contribution is 5.62. The van der Waals surface area contributed by atoms with Crippen molar-refractivity contribution in [2.45, 2.75) is 82.7 Å². The molecule has 0 unspecified atom stereocenters. The lowest BCUT2D eigenvalue weighted by Gasteiger charge is -2.35. The second-order valence-electron chi connectivity index (χ2n) is 10.8. The maximum atomic E-state index is 11.1. The fourth-order valence-corrected chi connectivity index (χ4v) is 6.03. The summed E-state index contributed by atoms with van der Waals surface area (Å²) in [6, 6.07) is 5.18. The number of nitro groups is 1. The lowest BCUT2D eigenvalue weighted by molar-refractivity contribution is -0.384. The lowest BCUT2D eigenvalue weighted by Crippen LogP contribution is -2.35. The van der Waals surface area contributed by atoms with Gasteiger partial charge < -0.3 is 24.3 Å². The van der Waals surface area contributed by atoms with Crippen LogP contribution in [0.1, 0.15) is 69.8 Å². The molecule has 0 atom stereocenters. The first-order valence-electron chi connectivity index (χ1n) is 14.0. The standard InChI is InChI=1S/C17H24N2O4.C10H17N3O2/c1-13-2-3-16(19(20)21)15(12-13)18-9-6-14-4-7-17(8-5-14)22-10-11-23-17;11-13-12-6-3-9-1-4-10(5-2-9)14-7-8-15-10/h2-3,12,14,18H,4-11H2,1H3;9H,1-8H2. The van der Waals surface area contributed by atoms with E-state index in [4.69, 9.17) is 24.5 Å². The average molecular weight is 532 g/mol. The van der Waals surface area contributed by atoms with E-state index in [2.05, 4.69) is 15.3 Å². The highest BCUT2D eigenvalue weighted by atomic mass is 16.7. The minimum Gasteiger partial charge on any atom is -0.379 e. The molecule has 38 heavy (non-hydrogen) atoms. The quantitative estimate of drug-likeness (QED) is 0.137. The molecule has 5 rings (SSSR count). The number of nitrogens with one attached hydrogen (secondary N) is 1. The number of nitrogens with zero attached hydrogens (tertiary/aromatic N) is 4. The zero-order chi connectivity index (χ0) is 26.8. The van der Waals surface area contributed by atoms with Crippen molar-refractivity contribution >= 4 is 11.4 Å². The van der Waals surface area contributed by atoms with Crippen LogP contribution in [0, 0.1) is 28.9 Å². The highest BCUT2D eigenvalue weighted by Crippen LogP contribution is 2.40. The number of hydrogen-bond acceptors (Lipinski definition) is 8. The topological polar surface area (TPSA) is 141 Å². The average Bonchev–Trinajstić information content (AvgIpc) is 3.57. The van der Waals surface area contributed by atoms with Crippen molar-refractivity contribution in [3.63, 3.8) is 0 Å². The molecule has 210 valence electrons. The van der Waals surface area contributed by atoms with E-state index in [-0.39, 0.29) is 22.2 Å². The molecule has 1 aromatic carbocycles. The van der Waals surface area contributed by atoms with Crippen LogP contribution in [-0.4, -0.2) is 56.0 Å². The molecule has 2 spiro atoms. The summed E-state index contributed by atoms with van der Waals surface area (Å²) in [6.45, 7) is 6.22. The monoisotopic (exact) mass is 531 g/mol. The fourth-order valence-electron chi connectivity index (χ4n) is 6.03. The Kier molecular flexibility index (Phi) is 10.2.